The van der Waals surface area contributed by atoms with Gasteiger partial charge in [0.1, 0.15) is 0 Å². The number of carbonyl (C=O) groups excluding carboxylic acids is 1. The van der Waals surface area contributed by atoms with Crippen LogP contribution in [0.1, 0.15) is 28.4 Å². The molecule has 1 amide bonds. The average molecular weight is 314 g/mol. The van der Waals surface area contributed by atoms with Crippen LogP contribution in [-0.2, 0) is 17.9 Å². The Morgan fingerprint density at radius 3 is 2.52 bits per heavy atom. The largest absolute Gasteiger partial charge is 0.377 e. The number of carbonyl (C=O) groups is 1. The molecule has 6 nitrogen and oxygen atoms in total. The summed E-state index contributed by atoms with van der Waals surface area (Å²) in [7, 11) is 0. The molecule has 2 rings (SSSR count). The normalized spacial score (nSPS) is 10.3. The van der Waals surface area contributed by atoms with Crippen LogP contribution >= 0.6 is 0 Å². The van der Waals surface area contributed by atoms with Crippen LogP contribution in [0.4, 0.5) is 5.69 Å². The molecule has 120 valence electrons. The molecule has 0 unspecified atom stereocenters. The molecule has 2 aromatic rings. The number of rotatable bonds is 7. The monoisotopic (exact) mass is 314 g/mol. The van der Waals surface area contributed by atoms with Crippen molar-refractivity contribution in [2.45, 2.75) is 20.1 Å². The van der Waals surface area contributed by atoms with E-state index in [-0.39, 0.29) is 17.2 Å². The number of hydrogen-bond acceptors (Lipinski definition) is 4. The van der Waals surface area contributed by atoms with Crippen molar-refractivity contribution in [3.05, 3.63) is 75.3 Å². The van der Waals surface area contributed by atoms with Crippen LogP contribution in [-0.4, -0.2) is 17.4 Å². The topological polar surface area (TPSA) is 81.5 Å². The van der Waals surface area contributed by atoms with Gasteiger partial charge in [0.05, 0.1) is 11.5 Å². The first-order valence-corrected chi connectivity index (χ1v) is 7.28. The van der Waals surface area contributed by atoms with E-state index in [9.17, 15) is 14.9 Å². The Balaban J connectivity index is 1.93. The average Bonchev–Trinajstić information content (AvgIpc) is 2.58. The molecule has 0 aliphatic heterocycles. The summed E-state index contributed by atoms with van der Waals surface area (Å²) < 4.78 is 5.32. The molecule has 1 N–H and O–H groups in total. The predicted octanol–water partition coefficient (Wildman–Crippen LogP) is 3.06. The van der Waals surface area contributed by atoms with E-state index < -0.39 is 4.92 Å². The Morgan fingerprint density at radius 2 is 1.87 bits per heavy atom. The lowest BCUT2D eigenvalue weighted by molar-refractivity contribution is -0.384. The molecule has 0 saturated carbocycles. The van der Waals surface area contributed by atoms with Gasteiger partial charge in [0.2, 0.25) is 0 Å². The van der Waals surface area contributed by atoms with Gasteiger partial charge in [-0.1, -0.05) is 30.3 Å². The van der Waals surface area contributed by atoms with Gasteiger partial charge in [0, 0.05) is 30.8 Å². The number of nitrogens with one attached hydrogen (secondary N) is 1. The van der Waals surface area contributed by atoms with E-state index in [0.29, 0.717) is 19.8 Å². The van der Waals surface area contributed by atoms with E-state index in [1.165, 1.54) is 18.2 Å². The summed E-state index contributed by atoms with van der Waals surface area (Å²) in [6.07, 6.45) is 0. The fourth-order valence-electron chi connectivity index (χ4n) is 2.02. The summed E-state index contributed by atoms with van der Waals surface area (Å²) in [5.41, 5.74) is 2.19. The van der Waals surface area contributed by atoms with Crippen LogP contribution < -0.4 is 5.32 Å². The highest BCUT2D eigenvalue weighted by Crippen LogP contribution is 2.13. The number of benzene rings is 2. The minimum absolute atomic E-state index is 0.0991. The van der Waals surface area contributed by atoms with Gasteiger partial charge in [-0.3, -0.25) is 14.9 Å². The van der Waals surface area contributed by atoms with Crippen molar-refractivity contribution in [1.29, 1.82) is 0 Å². The summed E-state index contributed by atoms with van der Waals surface area (Å²) in [5, 5.41) is 13.5. The smallest absolute Gasteiger partial charge is 0.270 e. The molecule has 0 fully saturated rings. The summed E-state index contributed by atoms with van der Waals surface area (Å²) in [5.74, 6) is -0.341. The van der Waals surface area contributed by atoms with Crippen molar-refractivity contribution in [2.24, 2.45) is 0 Å². The standard InChI is InChI=1S/C17H18N2O4/c1-2-23-12-14-8-6-13(7-9-14)11-18-17(20)15-4-3-5-16(10-15)19(21)22/h3-10H,2,11-12H2,1H3,(H,18,20). The Hall–Kier alpha value is -2.73. The highest BCUT2D eigenvalue weighted by atomic mass is 16.6. The number of amides is 1. The highest BCUT2D eigenvalue weighted by molar-refractivity contribution is 5.94. The number of non-ortho nitro benzene ring substituents is 1. The summed E-state index contributed by atoms with van der Waals surface area (Å²) in [6, 6.07) is 13.4. The van der Waals surface area contributed by atoms with Gasteiger partial charge in [-0.2, -0.15) is 0 Å². The molecule has 0 radical (unpaired) electrons. The maximum atomic E-state index is 12.0. The molecule has 0 saturated heterocycles. The lowest BCUT2D eigenvalue weighted by atomic mass is 10.1. The quantitative estimate of drug-likeness (QED) is 0.629. The molecule has 0 aromatic heterocycles. The van der Waals surface area contributed by atoms with E-state index in [4.69, 9.17) is 4.74 Å². The number of hydrogen-bond donors (Lipinski definition) is 1. The lowest BCUT2D eigenvalue weighted by Gasteiger charge is -2.07. The molecule has 0 aliphatic rings. The van der Waals surface area contributed by atoms with E-state index in [1.54, 1.807) is 6.07 Å². The first-order valence-electron chi connectivity index (χ1n) is 7.28. The number of nitro groups is 1. The van der Waals surface area contributed by atoms with Gasteiger partial charge in [-0.05, 0) is 24.1 Å². The van der Waals surface area contributed by atoms with Crippen molar-refractivity contribution < 1.29 is 14.5 Å². The van der Waals surface area contributed by atoms with Gasteiger partial charge in [0.25, 0.3) is 11.6 Å². The summed E-state index contributed by atoms with van der Waals surface area (Å²) >= 11 is 0. The molecule has 0 spiro atoms. The third-order valence-corrected chi connectivity index (χ3v) is 3.27. The molecule has 0 heterocycles. The van der Waals surface area contributed by atoms with Crippen LogP contribution in [0.25, 0.3) is 0 Å². The Morgan fingerprint density at radius 1 is 1.17 bits per heavy atom. The predicted molar refractivity (Wildman–Crippen MR) is 86.0 cm³/mol. The Bertz CT molecular complexity index is 683. The third-order valence-electron chi connectivity index (χ3n) is 3.27. The van der Waals surface area contributed by atoms with E-state index in [1.807, 2.05) is 31.2 Å². The van der Waals surface area contributed by atoms with Crippen molar-refractivity contribution in [1.82, 2.24) is 5.32 Å². The van der Waals surface area contributed by atoms with Gasteiger partial charge < -0.3 is 10.1 Å². The first kappa shape index (κ1) is 16.6. The van der Waals surface area contributed by atoms with E-state index in [0.717, 1.165) is 11.1 Å². The molecular weight excluding hydrogens is 296 g/mol. The number of nitrogens with zero attached hydrogens (tertiary/aromatic N) is 1. The molecule has 0 aliphatic carbocycles. The van der Waals surface area contributed by atoms with Crippen molar-refractivity contribution in [3.8, 4) is 0 Å². The Kier molecular flexibility index (Phi) is 5.82. The molecule has 0 bridgehead atoms. The minimum Gasteiger partial charge on any atom is -0.377 e. The molecular formula is C17H18N2O4. The molecule has 6 heteroatoms. The zero-order valence-corrected chi connectivity index (χ0v) is 12.8. The highest BCUT2D eigenvalue weighted by Gasteiger charge is 2.11. The molecule has 23 heavy (non-hydrogen) atoms. The van der Waals surface area contributed by atoms with Crippen LogP contribution in [0.2, 0.25) is 0 Å². The van der Waals surface area contributed by atoms with Crippen LogP contribution in [0.3, 0.4) is 0 Å². The number of nitro benzene ring substituents is 1. The molecule has 0 atom stereocenters. The molecule has 2 aromatic carbocycles. The van der Waals surface area contributed by atoms with E-state index in [2.05, 4.69) is 5.32 Å². The fourth-order valence-corrected chi connectivity index (χ4v) is 2.02. The fraction of sp³-hybridized carbons (Fsp3) is 0.235. The van der Waals surface area contributed by atoms with Gasteiger partial charge in [-0.15, -0.1) is 0 Å². The van der Waals surface area contributed by atoms with Crippen molar-refractivity contribution in [3.63, 3.8) is 0 Å². The van der Waals surface area contributed by atoms with E-state index >= 15 is 0 Å². The third kappa shape index (κ3) is 4.89. The van der Waals surface area contributed by atoms with Crippen LogP contribution in [0.5, 0.6) is 0 Å². The second kappa shape index (κ2) is 8.05. The SMILES string of the molecule is CCOCc1ccc(CNC(=O)c2cccc([N+](=O)[O-])c2)cc1. The second-order valence-corrected chi connectivity index (χ2v) is 4.94. The van der Waals surface area contributed by atoms with Gasteiger partial charge in [0.15, 0.2) is 0 Å². The van der Waals surface area contributed by atoms with Crippen molar-refractivity contribution >= 4 is 11.6 Å². The van der Waals surface area contributed by atoms with Crippen LogP contribution in [0, 0.1) is 10.1 Å². The van der Waals surface area contributed by atoms with Crippen LogP contribution in [0.15, 0.2) is 48.5 Å². The van der Waals surface area contributed by atoms with Gasteiger partial charge in [-0.25, -0.2) is 0 Å². The Labute approximate surface area is 134 Å². The zero-order valence-electron chi connectivity index (χ0n) is 12.8. The lowest BCUT2D eigenvalue weighted by Crippen LogP contribution is -2.22. The summed E-state index contributed by atoms with van der Waals surface area (Å²) in [6.45, 7) is 3.53. The first-order chi connectivity index (χ1) is 11.1. The zero-order chi connectivity index (χ0) is 16.7. The number of ether oxygens (including phenoxy) is 1. The minimum atomic E-state index is -0.520. The maximum absolute atomic E-state index is 12.0. The van der Waals surface area contributed by atoms with Crippen molar-refractivity contribution in [2.75, 3.05) is 6.61 Å². The van der Waals surface area contributed by atoms with Gasteiger partial charge >= 0.3 is 0 Å². The summed E-state index contributed by atoms with van der Waals surface area (Å²) in [4.78, 5) is 22.3. The maximum Gasteiger partial charge on any atom is 0.270 e. The second-order valence-electron chi connectivity index (χ2n) is 4.94.